The lowest BCUT2D eigenvalue weighted by atomic mass is 10.2. The number of nitrogens with zero attached hydrogens (tertiary/aromatic N) is 1. The fourth-order valence-electron chi connectivity index (χ4n) is 1.43. The van der Waals surface area contributed by atoms with E-state index in [0.717, 1.165) is 12.0 Å². The smallest absolute Gasteiger partial charge is 0.407 e. The van der Waals surface area contributed by atoms with E-state index in [1.807, 2.05) is 37.3 Å². The quantitative estimate of drug-likeness (QED) is 0.852. The molecule has 5 heteroatoms. The number of hydrogen-bond donors (Lipinski definition) is 2. The maximum absolute atomic E-state index is 11.0. The molecule has 96 valence electrons. The highest BCUT2D eigenvalue weighted by atomic mass is 35.5. The van der Waals surface area contributed by atoms with Crippen LogP contribution < -0.4 is 5.73 Å². The van der Waals surface area contributed by atoms with E-state index in [2.05, 4.69) is 0 Å². The zero-order valence-corrected chi connectivity index (χ0v) is 10.7. The first kappa shape index (κ1) is 15.7. The van der Waals surface area contributed by atoms with Crippen molar-refractivity contribution in [2.24, 2.45) is 5.73 Å². The van der Waals surface area contributed by atoms with Gasteiger partial charge in [0.15, 0.2) is 0 Å². The molecular formula is C12H19ClN2O2. The van der Waals surface area contributed by atoms with Crippen LogP contribution in [0.15, 0.2) is 30.3 Å². The highest BCUT2D eigenvalue weighted by Gasteiger charge is 2.14. The molecule has 0 aliphatic carbocycles. The van der Waals surface area contributed by atoms with E-state index in [0.29, 0.717) is 13.1 Å². The molecule has 0 heterocycles. The van der Waals surface area contributed by atoms with Crippen molar-refractivity contribution in [2.75, 3.05) is 6.54 Å². The van der Waals surface area contributed by atoms with E-state index in [1.165, 1.54) is 4.90 Å². The number of nitrogens with two attached hydrogens (primary N) is 1. The lowest BCUT2D eigenvalue weighted by Crippen LogP contribution is -2.39. The average molecular weight is 259 g/mol. The van der Waals surface area contributed by atoms with Gasteiger partial charge in [0.25, 0.3) is 0 Å². The van der Waals surface area contributed by atoms with Gasteiger partial charge in [0.1, 0.15) is 0 Å². The van der Waals surface area contributed by atoms with Gasteiger partial charge in [-0.15, -0.1) is 12.4 Å². The standard InChI is InChI=1S/C12H18N2O2.ClH/c1-2-11(13)9-14(12(15)16)8-10-6-4-3-5-7-10;/h3-7,11H,2,8-9,13H2,1H3,(H,15,16);1H/t11-;/m1./s1. The molecule has 0 spiro atoms. The average Bonchev–Trinajstić information content (AvgIpc) is 2.29. The number of halogens is 1. The molecule has 4 nitrogen and oxygen atoms in total. The number of amides is 1. The monoisotopic (exact) mass is 258 g/mol. The molecule has 0 saturated carbocycles. The number of hydrogen-bond acceptors (Lipinski definition) is 2. The van der Waals surface area contributed by atoms with Crippen LogP contribution >= 0.6 is 12.4 Å². The lowest BCUT2D eigenvalue weighted by molar-refractivity contribution is 0.139. The largest absolute Gasteiger partial charge is 0.465 e. The Balaban J connectivity index is 0.00000256. The first-order chi connectivity index (χ1) is 7.63. The van der Waals surface area contributed by atoms with Gasteiger partial charge in [-0.25, -0.2) is 4.79 Å². The van der Waals surface area contributed by atoms with Crippen LogP contribution in [0.4, 0.5) is 4.79 Å². The molecule has 0 aromatic heterocycles. The number of benzene rings is 1. The van der Waals surface area contributed by atoms with Crippen LogP contribution in [0, 0.1) is 0 Å². The Labute approximate surface area is 108 Å². The minimum Gasteiger partial charge on any atom is -0.465 e. The van der Waals surface area contributed by atoms with Crippen LogP contribution in [0.3, 0.4) is 0 Å². The summed E-state index contributed by atoms with van der Waals surface area (Å²) >= 11 is 0. The van der Waals surface area contributed by atoms with Gasteiger partial charge in [-0.05, 0) is 12.0 Å². The van der Waals surface area contributed by atoms with Gasteiger partial charge in [0, 0.05) is 19.1 Å². The van der Waals surface area contributed by atoms with Crippen LogP contribution in [0.25, 0.3) is 0 Å². The van der Waals surface area contributed by atoms with E-state index in [4.69, 9.17) is 10.8 Å². The van der Waals surface area contributed by atoms with Crippen LogP contribution in [-0.4, -0.2) is 28.7 Å². The number of rotatable bonds is 5. The SMILES string of the molecule is CC[C@@H](N)CN(Cc1ccccc1)C(=O)O.Cl. The van der Waals surface area contributed by atoms with Crippen molar-refractivity contribution in [2.45, 2.75) is 25.9 Å². The first-order valence-corrected chi connectivity index (χ1v) is 5.40. The fraction of sp³-hybridized carbons (Fsp3) is 0.417. The van der Waals surface area contributed by atoms with Crippen molar-refractivity contribution in [1.82, 2.24) is 4.90 Å². The predicted molar refractivity (Wildman–Crippen MR) is 70.4 cm³/mol. The Morgan fingerprint density at radius 1 is 1.41 bits per heavy atom. The summed E-state index contributed by atoms with van der Waals surface area (Å²) in [5.41, 5.74) is 6.74. The molecule has 1 atom stereocenters. The Morgan fingerprint density at radius 3 is 2.47 bits per heavy atom. The Bertz CT molecular complexity index is 333. The predicted octanol–water partition coefficient (Wildman–Crippen LogP) is 2.33. The zero-order chi connectivity index (χ0) is 12.0. The normalized spacial score (nSPS) is 11.4. The van der Waals surface area contributed by atoms with E-state index in [-0.39, 0.29) is 18.4 Å². The van der Waals surface area contributed by atoms with Gasteiger partial charge < -0.3 is 15.7 Å². The summed E-state index contributed by atoms with van der Waals surface area (Å²) in [4.78, 5) is 12.4. The molecule has 0 fully saturated rings. The number of carbonyl (C=O) groups is 1. The molecule has 0 unspecified atom stereocenters. The molecule has 17 heavy (non-hydrogen) atoms. The first-order valence-electron chi connectivity index (χ1n) is 5.40. The second-order valence-corrected chi connectivity index (χ2v) is 3.82. The Hall–Kier alpha value is -1.26. The lowest BCUT2D eigenvalue weighted by Gasteiger charge is -2.22. The molecular weight excluding hydrogens is 240 g/mol. The summed E-state index contributed by atoms with van der Waals surface area (Å²) in [6.07, 6.45) is -0.147. The molecule has 1 amide bonds. The summed E-state index contributed by atoms with van der Waals surface area (Å²) < 4.78 is 0. The summed E-state index contributed by atoms with van der Waals surface area (Å²) in [6.45, 7) is 2.72. The van der Waals surface area contributed by atoms with Gasteiger partial charge in [0.05, 0.1) is 0 Å². The Kier molecular flexibility index (Phi) is 7.34. The van der Waals surface area contributed by atoms with Gasteiger partial charge in [-0.3, -0.25) is 0 Å². The second-order valence-electron chi connectivity index (χ2n) is 3.82. The minimum absolute atomic E-state index is 0. The van der Waals surface area contributed by atoms with Crippen molar-refractivity contribution >= 4 is 18.5 Å². The molecule has 0 aliphatic heterocycles. The molecule has 3 N–H and O–H groups in total. The topological polar surface area (TPSA) is 66.6 Å². The third kappa shape index (κ3) is 5.56. The maximum atomic E-state index is 11.0. The van der Waals surface area contributed by atoms with Crippen LogP contribution in [-0.2, 0) is 6.54 Å². The number of carboxylic acid groups (broad SMARTS) is 1. The molecule has 1 rings (SSSR count). The molecule has 0 radical (unpaired) electrons. The fourth-order valence-corrected chi connectivity index (χ4v) is 1.43. The highest BCUT2D eigenvalue weighted by Crippen LogP contribution is 2.05. The highest BCUT2D eigenvalue weighted by molar-refractivity contribution is 5.85. The summed E-state index contributed by atoms with van der Waals surface area (Å²) in [5.74, 6) is 0. The van der Waals surface area contributed by atoms with Crippen LogP contribution in [0.1, 0.15) is 18.9 Å². The van der Waals surface area contributed by atoms with Crippen molar-refractivity contribution < 1.29 is 9.90 Å². The van der Waals surface area contributed by atoms with Crippen molar-refractivity contribution in [3.63, 3.8) is 0 Å². The van der Waals surface area contributed by atoms with Crippen LogP contribution in [0.2, 0.25) is 0 Å². The molecule has 1 aromatic rings. The van der Waals surface area contributed by atoms with Crippen molar-refractivity contribution in [1.29, 1.82) is 0 Å². The molecule has 0 saturated heterocycles. The summed E-state index contributed by atoms with van der Waals surface area (Å²) in [6, 6.07) is 9.43. The van der Waals surface area contributed by atoms with E-state index < -0.39 is 6.09 Å². The summed E-state index contributed by atoms with van der Waals surface area (Å²) in [7, 11) is 0. The minimum atomic E-state index is -0.923. The third-order valence-corrected chi connectivity index (χ3v) is 2.47. The second kappa shape index (κ2) is 7.92. The zero-order valence-electron chi connectivity index (χ0n) is 9.87. The Morgan fingerprint density at radius 2 is 2.00 bits per heavy atom. The van der Waals surface area contributed by atoms with E-state index in [1.54, 1.807) is 0 Å². The van der Waals surface area contributed by atoms with E-state index >= 15 is 0 Å². The van der Waals surface area contributed by atoms with Crippen LogP contribution in [0.5, 0.6) is 0 Å². The van der Waals surface area contributed by atoms with Crippen molar-refractivity contribution in [3.8, 4) is 0 Å². The maximum Gasteiger partial charge on any atom is 0.407 e. The van der Waals surface area contributed by atoms with Gasteiger partial charge >= 0.3 is 6.09 Å². The van der Waals surface area contributed by atoms with E-state index in [9.17, 15) is 4.79 Å². The van der Waals surface area contributed by atoms with Gasteiger partial charge in [0.2, 0.25) is 0 Å². The molecule has 1 aromatic carbocycles. The molecule has 0 bridgehead atoms. The van der Waals surface area contributed by atoms with Gasteiger partial charge in [-0.1, -0.05) is 37.3 Å². The van der Waals surface area contributed by atoms with Gasteiger partial charge in [-0.2, -0.15) is 0 Å². The third-order valence-electron chi connectivity index (χ3n) is 2.47. The summed E-state index contributed by atoms with van der Waals surface area (Å²) in [5, 5.41) is 9.05. The molecule has 0 aliphatic rings. The van der Waals surface area contributed by atoms with Crippen molar-refractivity contribution in [3.05, 3.63) is 35.9 Å².